The van der Waals surface area contributed by atoms with E-state index in [-0.39, 0.29) is 11.4 Å². The van der Waals surface area contributed by atoms with Gasteiger partial charge in [-0.25, -0.2) is 8.42 Å². The number of hydrogen-bond acceptors (Lipinski definition) is 4. The van der Waals surface area contributed by atoms with Crippen molar-refractivity contribution in [1.29, 1.82) is 0 Å². The molecular weight excluding hydrogens is 397 g/mol. The van der Waals surface area contributed by atoms with Gasteiger partial charge in [0.05, 0.1) is 24.6 Å². The van der Waals surface area contributed by atoms with Crippen LogP contribution in [0.4, 0.5) is 24.5 Å². The number of nitrogens with zero attached hydrogens (tertiary/aromatic N) is 1. The van der Waals surface area contributed by atoms with E-state index >= 15 is 0 Å². The molecule has 0 fully saturated rings. The lowest BCUT2D eigenvalue weighted by molar-refractivity contribution is -0.137. The highest BCUT2D eigenvalue weighted by Gasteiger charge is 2.31. The molecule has 28 heavy (non-hydrogen) atoms. The van der Waals surface area contributed by atoms with Crippen LogP contribution in [0, 0.1) is 0 Å². The summed E-state index contributed by atoms with van der Waals surface area (Å²) in [6.07, 6.45) is -3.54. The van der Waals surface area contributed by atoms with Gasteiger partial charge in [0.15, 0.2) is 0 Å². The highest BCUT2D eigenvalue weighted by Crippen LogP contribution is 2.30. The minimum atomic E-state index is -4.49. The van der Waals surface area contributed by atoms with Crippen molar-refractivity contribution in [3.05, 3.63) is 54.1 Å². The first kappa shape index (κ1) is 21.5. The smallest absolute Gasteiger partial charge is 0.416 e. The van der Waals surface area contributed by atoms with E-state index in [2.05, 4.69) is 5.32 Å². The zero-order chi connectivity index (χ0) is 21.1. The topological polar surface area (TPSA) is 75.7 Å². The van der Waals surface area contributed by atoms with Crippen molar-refractivity contribution in [3.63, 3.8) is 0 Å². The third kappa shape index (κ3) is 5.16. The molecule has 10 heteroatoms. The van der Waals surface area contributed by atoms with Crippen LogP contribution in [0.3, 0.4) is 0 Å². The number of carbonyl (C=O) groups is 1. The summed E-state index contributed by atoms with van der Waals surface area (Å²) in [6.45, 7) is 1.37. The van der Waals surface area contributed by atoms with Gasteiger partial charge in [-0.3, -0.25) is 9.10 Å². The number of rotatable bonds is 6. The molecule has 6 nitrogen and oxygen atoms in total. The van der Waals surface area contributed by atoms with Crippen LogP contribution in [-0.2, 0) is 21.0 Å². The molecule has 0 aliphatic carbocycles. The van der Waals surface area contributed by atoms with Crippen molar-refractivity contribution in [1.82, 2.24) is 0 Å². The van der Waals surface area contributed by atoms with E-state index in [1.807, 2.05) is 0 Å². The maximum absolute atomic E-state index is 12.6. The highest BCUT2D eigenvalue weighted by atomic mass is 32.2. The summed E-state index contributed by atoms with van der Waals surface area (Å²) in [6, 6.07) is 8.86. The Balaban J connectivity index is 2.27. The normalized spacial score (nSPS) is 12.9. The Morgan fingerprint density at radius 3 is 2.25 bits per heavy atom. The second-order valence-corrected chi connectivity index (χ2v) is 7.86. The van der Waals surface area contributed by atoms with Crippen LogP contribution in [0.1, 0.15) is 12.5 Å². The van der Waals surface area contributed by atoms with Crippen molar-refractivity contribution < 1.29 is 31.1 Å². The second kappa shape index (κ2) is 8.09. The summed E-state index contributed by atoms with van der Waals surface area (Å²) in [5.74, 6) is -0.297. The number of ether oxygens (including phenoxy) is 1. The number of hydrogen-bond donors (Lipinski definition) is 1. The predicted octanol–water partition coefficient (Wildman–Crippen LogP) is 3.51. The molecule has 0 saturated heterocycles. The van der Waals surface area contributed by atoms with Crippen LogP contribution < -0.4 is 14.4 Å². The van der Waals surface area contributed by atoms with E-state index in [0.29, 0.717) is 5.75 Å². The molecule has 0 aromatic heterocycles. The van der Waals surface area contributed by atoms with Crippen molar-refractivity contribution in [2.45, 2.75) is 19.1 Å². The van der Waals surface area contributed by atoms with Crippen molar-refractivity contribution in [2.24, 2.45) is 0 Å². The Morgan fingerprint density at radius 2 is 1.75 bits per heavy atom. The van der Waals surface area contributed by atoms with Crippen LogP contribution in [0.5, 0.6) is 5.75 Å². The number of alkyl halides is 3. The molecule has 2 aromatic carbocycles. The molecule has 1 atom stereocenters. The molecule has 1 N–H and O–H groups in total. The number of halogens is 3. The van der Waals surface area contributed by atoms with E-state index < -0.39 is 33.7 Å². The summed E-state index contributed by atoms with van der Waals surface area (Å²) in [7, 11) is -2.42. The standard InChI is InChI=1S/C18H19F3N2O4S/c1-12(17(24)22-14-9-7-13(8-10-14)18(19,20)21)23(28(3,25)26)15-5-4-6-16(11-15)27-2/h4-12H,1-3H3,(H,22,24)/t12-/m0/s1. The lowest BCUT2D eigenvalue weighted by Crippen LogP contribution is -2.45. The molecule has 0 radical (unpaired) electrons. The third-order valence-electron chi connectivity index (χ3n) is 3.88. The van der Waals surface area contributed by atoms with E-state index in [1.54, 1.807) is 12.1 Å². The summed E-state index contributed by atoms with van der Waals surface area (Å²) in [5, 5.41) is 2.43. The molecule has 2 rings (SSSR count). The van der Waals surface area contributed by atoms with Gasteiger partial charge in [-0.1, -0.05) is 6.07 Å². The average molecular weight is 416 g/mol. The van der Waals surface area contributed by atoms with Crippen LogP contribution in [-0.4, -0.2) is 33.7 Å². The predicted molar refractivity (Wildman–Crippen MR) is 99.9 cm³/mol. The quantitative estimate of drug-likeness (QED) is 0.782. The molecular formula is C18H19F3N2O4S. The summed E-state index contributed by atoms with van der Waals surface area (Å²) >= 11 is 0. The van der Waals surface area contributed by atoms with Gasteiger partial charge in [-0.2, -0.15) is 13.2 Å². The Labute approximate surface area is 161 Å². The van der Waals surface area contributed by atoms with E-state index in [1.165, 1.54) is 26.2 Å². The molecule has 2 aromatic rings. The van der Waals surface area contributed by atoms with Crippen LogP contribution in [0.25, 0.3) is 0 Å². The maximum atomic E-state index is 12.6. The zero-order valence-corrected chi connectivity index (χ0v) is 16.1. The van der Waals surface area contributed by atoms with Gasteiger partial charge in [0.25, 0.3) is 0 Å². The maximum Gasteiger partial charge on any atom is 0.416 e. The number of anilines is 2. The minimum Gasteiger partial charge on any atom is -0.497 e. The summed E-state index contributed by atoms with van der Waals surface area (Å²) in [5.41, 5.74) is -0.520. The van der Waals surface area contributed by atoms with E-state index in [0.717, 1.165) is 34.8 Å². The highest BCUT2D eigenvalue weighted by molar-refractivity contribution is 7.92. The molecule has 0 saturated carbocycles. The molecule has 0 heterocycles. The first-order valence-corrected chi connectivity index (χ1v) is 9.90. The monoisotopic (exact) mass is 416 g/mol. The van der Waals surface area contributed by atoms with Gasteiger partial charge in [-0.15, -0.1) is 0 Å². The number of methoxy groups -OCH3 is 1. The zero-order valence-electron chi connectivity index (χ0n) is 15.3. The van der Waals surface area contributed by atoms with Gasteiger partial charge in [-0.05, 0) is 43.3 Å². The Hall–Kier alpha value is -2.75. The van der Waals surface area contributed by atoms with Crippen LogP contribution in [0.2, 0.25) is 0 Å². The first-order valence-electron chi connectivity index (χ1n) is 8.05. The molecule has 0 aliphatic heterocycles. The molecule has 1 amide bonds. The molecule has 0 spiro atoms. The van der Waals surface area contributed by atoms with Crippen molar-refractivity contribution in [2.75, 3.05) is 23.0 Å². The summed E-state index contributed by atoms with van der Waals surface area (Å²) < 4.78 is 68.4. The average Bonchev–Trinajstić information content (AvgIpc) is 2.60. The number of carbonyl (C=O) groups excluding carboxylic acids is 1. The van der Waals surface area contributed by atoms with Crippen molar-refractivity contribution >= 4 is 27.3 Å². The molecule has 0 bridgehead atoms. The lowest BCUT2D eigenvalue weighted by atomic mass is 10.2. The van der Waals surface area contributed by atoms with Gasteiger partial charge in [0.1, 0.15) is 11.8 Å². The molecule has 0 aliphatic rings. The Kier molecular flexibility index (Phi) is 6.23. The van der Waals surface area contributed by atoms with Crippen molar-refractivity contribution in [3.8, 4) is 5.75 Å². The fraction of sp³-hybridized carbons (Fsp3) is 0.278. The van der Waals surface area contributed by atoms with Crippen LogP contribution >= 0.6 is 0 Å². The first-order chi connectivity index (χ1) is 12.9. The fourth-order valence-electron chi connectivity index (χ4n) is 2.55. The number of sulfonamides is 1. The minimum absolute atomic E-state index is 0.115. The van der Waals surface area contributed by atoms with E-state index in [9.17, 15) is 26.4 Å². The van der Waals surface area contributed by atoms with E-state index in [4.69, 9.17) is 4.74 Å². The lowest BCUT2D eigenvalue weighted by Gasteiger charge is -2.28. The van der Waals surface area contributed by atoms with Gasteiger partial charge in [0, 0.05) is 11.8 Å². The summed E-state index contributed by atoms with van der Waals surface area (Å²) in [4.78, 5) is 12.5. The van der Waals surface area contributed by atoms with Gasteiger partial charge < -0.3 is 10.1 Å². The largest absolute Gasteiger partial charge is 0.497 e. The van der Waals surface area contributed by atoms with Gasteiger partial charge in [0.2, 0.25) is 15.9 Å². The second-order valence-electron chi connectivity index (χ2n) is 6.00. The number of amides is 1. The third-order valence-corrected chi connectivity index (χ3v) is 5.12. The molecule has 152 valence electrons. The SMILES string of the molecule is COc1cccc(N([C@@H](C)C(=O)Nc2ccc(C(F)(F)F)cc2)S(C)(=O)=O)c1. The Bertz CT molecular complexity index is 944. The number of nitrogens with one attached hydrogen (secondary N) is 1. The Morgan fingerprint density at radius 1 is 1.14 bits per heavy atom. The fourth-order valence-corrected chi connectivity index (χ4v) is 3.71. The van der Waals surface area contributed by atoms with Crippen LogP contribution in [0.15, 0.2) is 48.5 Å². The number of benzene rings is 2. The van der Waals surface area contributed by atoms with Gasteiger partial charge >= 0.3 is 6.18 Å². The molecule has 0 unspecified atom stereocenters.